The fraction of sp³-hybridized carbons (Fsp3) is 0.857. The first-order chi connectivity index (χ1) is 10.0. The Morgan fingerprint density at radius 3 is 2.38 bits per heavy atom. The van der Waals surface area contributed by atoms with Crippen LogP contribution in [0.3, 0.4) is 0 Å². The molecule has 0 radical (unpaired) electrons. The van der Waals surface area contributed by atoms with E-state index in [2.05, 4.69) is 5.16 Å². The summed E-state index contributed by atoms with van der Waals surface area (Å²) in [4.78, 5) is 14.3. The second-order valence-corrected chi connectivity index (χ2v) is 7.17. The molecule has 0 aromatic heterocycles. The highest BCUT2D eigenvalue weighted by Crippen LogP contribution is 2.39. The molecule has 120 valence electrons. The Labute approximate surface area is 130 Å². The Kier molecular flexibility index (Phi) is 5.03. The van der Waals surface area contributed by atoms with Gasteiger partial charge in [0.05, 0.1) is 16.8 Å². The summed E-state index contributed by atoms with van der Waals surface area (Å²) < 4.78 is 5.18. The van der Waals surface area contributed by atoms with Crippen molar-refractivity contribution in [2.75, 3.05) is 26.5 Å². The van der Waals surface area contributed by atoms with Crippen molar-refractivity contribution >= 4 is 23.5 Å². The molecular formula is C14H25N3O3S. The smallest absolute Gasteiger partial charge is 0.225 e. The van der Waals surface area contributed by atoms with Gasteiger partial charge in [-0.15, -0.1) is 0 Å². The number of likely N-dealkylation sites (tertiary alicyclic amines) is 1. The van der Waals surface area contributed by atoms with E-state index in [-0.39, 0.29) is 22.1 Å². The van der Waals surface area contributed by atoms with Crippen LogP contribution in [0.2, 0.25) is 0 Å². The number of oxime groups is 1. The maximum atomic E-state index is 12.4. The van der Waals surface area contributed by atoms with E-state index in [1.165, 1.54) is 0 Å². The van der Waals surface area contributed by atoms with Gasteiger partial charge in [0.15, 0.2) is 5.84 Å². The standard InChI is InChI=1S/C14H25N3O3S/c1-20-13(4-3-5-13)10-11(18)17-8-6-14(21-2,7-9-17)12(15)16-19/h19H,3-10H2,1-2H3,(H2,15,16). The zero-order valence-electron chi connectivity index (χ0n) is 12.8. The van der Waals surface area contributed by atoms with E-state index < -0.39 is 0 Å². The van der Waals surface area contributed by atoms with Crippen molar-refractivity contribution < 1.29 is 14.7 Å². The van der Waals surface area contributed by atoms with Gasteiger partial charge in [0, 0.05) is 20.2 Å². The summed E-state index contributed by atoms with van der Waals surface area (Å²) in [5, 5.41) is 12.1. The fourth-order valence-corrected chi connectivity index (χ4v) is 4.03. The van der Waals surface area contributed by atoms with Gasteiger partial charge in [0.25, 0.3) is 0 Å². The molecule has 1 aliphatic heterocycles. The van der Waals surface area contributed by atoms with Gasteiger partial charge in [-0.3, -0.25) is 4.79 Å². The van der Waals surface area contributed by atoms with Crippen molar-refractivity contribution in [3.05, 3.63) is 0 Å². The molecule has 1 amide bonds. The van der Waals surface area contributed by atoms with Crippen molar-refractivity contribution in [3.63, 3.8) is 0 Å². The summed E-state index contributed by atoms with van der Waals surface area (Å²) in [5.74, 6) is 0.417. The van der Waals surface area contributed by atoms with Crippen LogP contribution in [0.1, 0.15) is 38.5 Å². The molecule has 3 N–H and O–H groups in total. The first-order valence-electron chi connectivity index (χ1n) is 7.37. The van der Waals surface area contributed by atoms with Crippen molar-refractivity contribution in [2.24, 2.45) is 10.9 Å². The molecule has 0 spiro atoms. The highest BCUT2D eigenvalue weighted by molar-refractivity contribution is 8.00. The molecule has 0 aromatic carbocycles. The number of rotatable bonds is 5. The molecule has 0 aromatic rings. The quantitative estimate of drug-likeness (QED) is 0.347. The number of amidine groups is 1. The molecule has 0 unspecified atom stereocenters. The van der Waals surface area contributed by atoms with Crippen LogP contribution in [-0.2, 0) is 9.53 Å². The maximum Gasteiger partial charge on any atom is 0.225 e. The number of hydrogen-bond donors (Lipinski definition) is 2. The topological polar surface area (TPSA) is 88.2 Å². The Balaban J connectivity index is 1.93. The second-order valence-electron chi connectivity index (χ2n) is 5.98. The van der Waals surface area contributed by atoms with Gasteiger partial charge >= 0.3 is 0 Å². The minimum Gasteiger partial charge on any atom is -0.409 e. The third-order valence-electron chi connectivity index (χ3n) is 5.06. The second kappa shape index (κ2) is 6.44. The lowest BCUT2D eigenvalue weighted by atomic mass is 9.77. The molecule has 7 heteroatoms. The van der Waals surface area contributed by atoms with Crippen molar-refractivity contribution in [3.8, 4) is 0 Å². The van der Waals surface area contributed by atoms with Gasteiger partial charge in [-0.2, -0.15) is 11.8 Å². The van der Waals surface area contributed by atoms with E-state index in [4.69, 9.17) is 15.7 Å². The van der Waals surface area contributed by atoms with Crippen molar-refractivity contribution in [1.29, 1.82) is 0 Å². The predicted molar refractivity (Wildman–Crippen MR) is 83.7 cm³/mol. The number of ether oxygens (including phenoxy) is 1. The third kappa shape index (κ3) is 3.13. The van der Waals surface area contributed by atoms with Crippen LogP contribution in [0.5, 0.6) is 0 Å². The Hall–Kier alpha value is -0.950. The normalized spacial score (nSPS) is 24.5. The molecule has 2 fully saturated rings. The van der Waals surface area contributed by atoms with E-state index in [0.717, 1.165) is 32.1 Å². The fourth-order valence-electron chi connectivity index (χ4n) is 3.18. The molecule has 1 heterocycles. The minimum atomic E-state index is -0.346. The Bertz CT molecular complexity index is 410. The van der Waals surface area contributed by atoms with Crippen LogP contribution in [0, 0.1) is 0 Å². The zero-order chi connectivity index (χ0) is 15.5. The number of carbonyl (C=O) groups is 1. The maximum absolute atomic E-state index is 12.4. The third-order valence-corrected chi connectivity index (χ3v) is 6.46. The average Bonchev–Trinajstić information content (AvgIpc) is 2.49. The summed E-state index contributed by atoms with van der Waals surface area (Å²) in [6.45, 7) is 1.30. The highest BCUT2D eigenvalue weighted by atomic mass is 32.2. The van der Waals surface area contributed by atoms with Gasteiger partial charge in [0.2, 0.25) is 5.91 Å². The summed E-state index contributed by atoms with van der Waals surface area (Å²) in [6.07, 6.45) is 6.96. The van der Waals surface area contributed by atoms with Gasteiger partial charge in [-0.25, -0.2) is 0 Å². The molecular weight excluding hydrogens is 290 g/mol. The zero-order valence-corrected chi connectivity index (χ0v) is 13.6. The molecule has 1 aliphatic carbocycles. The first kappa shape index (κ1) is 16.4. The van der Waals surface area contributed by atoms with Crippen molar-refractivity contribution in [1.82, 2.24) is 4.90 Å². The number of thioether (sulfide) groups is 1. The Morgan fingerprint density at radius 1 is 1.38 bits per heavy atom. The van der Waals surface area contributed by atoms with E-state index in [1.54, 1.807) is 18.9 Å². The van der Waals surface area contributed by atoms with Gasteiger partial charge in [0.1, 0.15) is 0 Å². The molecule has 1 saturated carbocycles. The molecule has 1 saturated heterocycles. The van der Waals surface area contributed by atoms with Gasteiger partial charge in [-0.05, 0) is 38.4 Å². The van der Waals surface area contributed by atoms with Crippen LogP contribution in [0.15, 0.2) is 5.16 Å². The van der Waals surface area contributed by atoms with Crippen LogP contribution < -0.4 is 5.73 Å². The average molecular weight is 315 g/mol. The monoisotopic (exact) mass is 315 g/mol. The van der Waals surface area contributed by atoms with E-state index in [0.29, 0.717) is 19.5 Å². The van der Waals surface area contributed by atoms with E-state index in [1.807, 2.05) is 11.2 Å². The largest absolute Gasteiger partial charge is 0.409 e. The van der Waals surface area contributed by atoms with Gasteiger partial charge in [-0.1, -0.05) is 5.16 Å². The number of piperidine rings is 1. The highest BCUT2D eigenvalue weighted by Gasteiger charge is 2.43. The van der Waals surface area contributed by atoms with Gasteiger partial charge < -0.3 is 20.6 Å². The summed E-state index contributed by atoms with van der Waals surface area (Å²) in [6, 6.07) is 0. The Morgan fingerprint density at radius 2 is 2.00 bits per heavy atom. The molecule has 0 atom stereocenters. The van der Waals surface area contributed by atoms with Crippen LogP contribution in [0.25, 0.3) is 0 Å². The van der Waals surface area contributed by atoms with Crippen molar-refractivity contribution in [2.45, 2.75) is 48.9 Å². The van der Waals surface area contributed by atoms with Crippen LogP contribution in [-0.4, -0.2) is 58.7 Å². The number of methoxy groups -OCH3 is 1. The lowest BCUT2D eigenvalue weighted by Crippen LogP contribution is -2.53. The minimum absolute atomic E-state index is 0.158. The predicted octanol–water partition coefficient (Wildman–Crippen LogP) is 1.42. The molecule has 2 aliphatic rings. The lowest BCUT2D eigenvalue weighted by molar-refractivity contribution is -0.145. The number of amides is 1. The summed E-state index contributed by atoms with van der Waals surface area (Å²) in [7, 11) is 1.69. The molecule has 0 bridgehead atoms. The number of nitrogens with two attached hydrogens (primary N) is 1. The van der Waals surface area contributed by atoms with Crippen LogP contribution in [0.4, 0.5) is 0 Å². The number of nitrogens with zero attached hydrogens (tertiary/aromatic N) is 2. The first-order valence-corrected chi connectivity index (χ1v) is 8.59. The molecule has 2 rings (SSSR count). The number of carbonyl (C=O) groups excluding carboxylic acids is 1. The number of hydrogen-bond acceptors (Lipinski definition) is 5. The molecule has 6 nitrogen and oxygen atoms in total. The lowest BCUT2D eigenvalue weighted by Gasteiger charge is -2.43. The summed E-state index contributed by atoms with van der Waals surface area (Å²) >= 11 is 1.59. The van der Waals surface area contributed by atoms with E-state index in [9.17, 15) is 4.79 Å². The van der Waals surface area contributed by atoms with E-state index >= 15 is 0 Å². The SMILES string of the molecule is COC1(CC(=O)N2CCC(SC)(C(N)=NO)CC2)CCC1. The van der Waals surface area contributed by atoms with Crippen LogP contribution >= 0.6 is 11.8 Å². The molecule has 21 heavy (non-hydrogen) atoms. The summed E-state index contributed by atoms with van der Waals surface area (Å²) in [5.41, 5.74) is 5.60.